The van der Waals surface area contributed by atoms with E-state index in [4.69, 9.17) is 5.73 Å². The zero-order valence-corrected chi connectivity index (χ0v) is 8.33. The first-order valence-electron chi connectivity index (χ1n) is 5.10. The van der Waals surface area contributed by atoms with Gasteiger partial charge in [-0.05, 0) is 29.4 Å². The van der Waals surface area contributed by atoms with Gasteiger partial charge in [0, 0.05) is 6.04 Å². The van der Waals surface area contributed by atoms with E-state index in [2.05, 4.69) is 38.1 Å². The summed E-state index contributed by atoms with van der Waals surface area (Å²) in [6.07, 6.45) is 1.20. The van der Waals surface area contributed by atoms with Gasteiger partial charge in [-0.1, -0.05) is 38.1 Å². The van der Waals surface area contributed by atoms with E-state index < -0.39 is 0 Å². The summed E-state index contributed by atoms with van der Waals surface area (Å²) in [5.41, 5.74) is 9.00. The summed E-state index contributed by atoms with van der Waals surface area (Å²) in [6.45, 7) is 4.51. The number of hydrogen-bond donors (Lipinski definition) is 1. The molecular weight excluding hydrogens is 158 g/mol. The highest BCUT2D eigenvalue weighted by Gasteiger charge is 2.33. The molecule has 3 atom stereocenters. The second-order valence-corrected chi connectivity index (χ2v) is 4.03. The summed E-state index contributed by atoms with van der Waals surface area (Å²) >= 11 is 0. The van der Waals surface area contributed by atoms with E-state index in [0.717, 1.165) is 0 Å². The monoisotopic (exact) mass is 175 g/mol. The van der Waals surface area contributed by atoms with Crippen LogP contribution in [0.25, 0.3) is 0 Å². The molecule has 0 radical (unpaired) electrons. The molecule has 0 bridgehead atoms. The van der Waals surface area contributed by atoms with Crippen LogP contribution in [0.1, 0.15) is 43.4 Å². The van der Waals surface area contributed by atoms with Gasteiger partial charge < -0.3 is 5.73 Å². The Kier molecular flexibility index (Phi) is 2.12. The number of benzene rings is 1. The number of fused-ring (bicyclic) bond motifs is 1. The minimum Gasteiger partial charge on any atom is -0.324 e. The summed E-state index contributed by atoms with van der Waals surface area (Å²) < 4.78 is 0. The van der Waals surface area contributed by atoms with Crippen LogP contribution in [0.4, 0.5) is 0 Å². The summed E-state index contributed by atoms with van der Waals surface area (Å²) in [6, 6.07) is 8.86. The lowest BCUT2D eigenvalue weighted by molar-refractivity contribution is 0.421. The van der Waals surface area contributed by atoms with Crippen LogP contribution in [0, 0.1) is 5.92 Å². The fraction of sp³-hybridized carbons (Fsp3) is 0.500. The Hall–Kier alpha value is -0.820. The molecule has 0 spiro atoms. The molecule has 3 unspecified atom stereocenters. The quantitative estimate of drug-likeness (QED) is 0.697. The Morgan fingerprint density at radius 2 is 1.85 bits per heavy atom. The second kappa shape index (κ2) is 3.15. The number of nitrogens with two attached hydrogens (primary N) is 1. The summed E-state index contributed by atoms with van der Waals surface area (Å²) in [4.78, 5) is 0. The standard InChI is InChI=1S/C12H17N/c1-3-9-8(2)12(13)11-7-5-4-6-10(9)11/h4-9,12H,3,13H2,1-2H3. The Bertz CT molecular complexity index is 306. The van der Waals surface area contributed by atoms with E-state index in [9.17, 15) is 0 Å². The lowest BCUT2D eigenvalue weighted by atomic mass is 9.91. The van der Waals surface area contributed by atoms with Crippen LogP contribution in [0.2, 0.25) is 0 Å². The van der Waals surface area contributed by atoms with Crippen LogP contribution in [0.5, 0.6) is 0 Å². The van der Waals surface area contributed by atoms with Gasteiger partial charge in [-0.3, -0.25) is 0 Å². The average Bonchev–Trinajstić information content (AvgIpc) is 2.41. The van der Waals surface area contributed by atoms with Crippen LogP contribution in [-0.2, 0) is 0 Å². The maximum atomic E-state index is 6.16. The number of rotatable bonds is 1. The van der Waals surface area contributed by atoms with Gasteiger partial charge in [-0.15, -0.1) is 0 Å². The van der Waals surface area contributed by atoms with Crippen LogP contribution >= 0.6 is 0 Å². The Morgan fingerprint density at radius 3 is 2.46 bits per heavy atom. The molecule has 0 aliphatic heterocycles. The third-order valence-electron chi connectivity index (χ3n) is 3.40. The van der Waals surface area contributed by atoms with Crippen molar-refractivity contribution in [2.24, 2.45) is 11.7 Å². The highest BCUT2D eigenvalue weighted by molar-refractivity contribution is 5.38. The van der Waals surface area contributed by atoms with Gasteiger partial charge in [-0.25, -0.2) is 0 Å². The highest BCUT2D eigenvalue weighted by Crippen LogP contribution is 2.44. The fourth-order valence-corrected chi connectivity index (χ4v) is 2.56. The number of hydrogen-bond acceptors (Lipinski definition) is 1. The Morgan fingerprint density at radius 1 is 1.23 bits per heavy atom. The van der Waals surface area contributed by atoms with Crippen molar-refractivity contribution in [2.75, 3.05) is 0 Å². The van der Waals surface area contributed by atoms with Crippen LogP contribution in [0.3, 0.4) is 0 Å². The zero-order chi connectivity index (χ0) is 9.42. The lowest BCUT2D eigenvalue weighted by Gasteiger charge is -2.16. The molecule has 2 N–H and O–H groups in total. The summed E-state index contributed by atoms with van der Waals surface area (Å²) in [5, 5.41) is 0. The minimum absolute atomic E-state index is 0.251. The van der Waals surface area contributed by atoms with Crippen molar-refractivity contribution in [3.05, 3.63) is 35.4 Å². The van der Waals surface area contributed by atoms with E-state index in [0.29, 0.717) is 11.8 Å². The zero-order valence-electron chi connectivity index (χ0n) is 8.33. The molecule has 70 valence electrons. The van der Waals surface area contributed by atoms with Crippen molar-refractivity contribution in [3.63, 3.8) is 0 Å². The molecule has 0 amide bonds. The molecule has 0 heterocycles. The van der Waals surface area contributed by atoms with E-state index in [1.807, 2.05) is 0 Å². The summed E-state index contributed by atoms with van der Waals surface area (Å²) in [5.74, 6) is 1.27. The molecule has 0 saturated heterocycles. The predicted octanol–water partition coefficient (Wildman–Crippen LogP) is 2.83. The molecule has 0 aromatic heterocycles. The molecule has 0 saturated carbocycles. The molecule has 2 rings (SSSR count). The van der Waals surface area contributed by atoms with Crippen molar-refractivity contribution in [3.8, 4) is 0 Å². The topological polar surface area (TPSA) is 26.0 Å². The first kappa shape index (κ1) is 8.76. The van der Waals surface area contributed by atoms with E-state index in [1.165, 1.54) is 17.5 Å². The van der Waals surface area contributed by atoms with Crippen molar-refractivity contribution in [1.29, 1.82) is 0 Å². The molecular formula is C12H17N. The van der Waals surface area contributed by atoms with E-state index in [-0.39, 0.29) is 6.04 Å². The molecule has 1 heteroatoms. The molecule has 0 fully saturated rings. The van der Waals surface area contributed by atoms with Crippen LogP contribution in [-0.4, -0.2) is 0 Å². The van der Waals surface area contributed by atoms with Gasteiger partial charge in [0.05, 0.1) is 0 Å². The minimum atomic E-state index is 0.251. The first-order valence-corrected chi connectivity index (χ1v) is 5.10. The Balaban J connectivity index is 2.47. The van der Waals surface area contributed by atoms with Crippen LogP contribution in [0.15, 0.2) is 24.3 Å². The molecule has 1 aromatic carbocycles. The van der Waals surface area contributed by atoms with Crippen molar-refractivity contribution < 1.29 is 0 Å². The largest absolute Gasteiger partial charge is 0.324 e. The average molecular weight is 175 g/mol. The first-order chi connectivity index (χ1) is 6.25. The van der Waals surface area contributed by atoms with E-state index in [1.54, 1.807) is 0 Å². The predicted molar refractivity (Wildman–Crippen MR) is 55.6 cm³/mol. The maximum absolute atomic E-state index is 6.16. The molecule has 1 aliphatic rings. The third-order valence-corrected chi connectivity index (χ3v) is 3.40. The van der Waals surface area contributed by atoms with Gasteiger partial charge in [-0.2, -0.15) is 0 Å². The lowest BCUT2D eigenvalue weighted by Crippen LogP contribution is -2.15. The molecule has 1 aromatic rings. The summed E-state index contributed by atoms with van der Waals surface area (Å²) in [7, 11) is 0. The highest BCUT2D eigenvalue weighted by atomic mass is 14.7. The fourth-order valence-electron chi connectivity index (χ4n) is 2.56. The van der Waals surface area contributed by atoms with Crippen molar-refractivity contribution >= 4 is 0 Å². The van der Waals surface area contributed by atoms with Crippen molar-refractivity contribution in [2.45, 2.75) is 32.2 Å². The molecule has 1 nitrogen and oxygen atoms in total. The van der Waals surface area contributed by atoms with Gasteiger partial charge in [0.25, 0.3) is 0 Å². The SMILES string of the molecule is CCC1c2ccccc2C(N)C1C. The van der Waals surface area contributed by atoms with Gasteiger partial charge >= 0.3 is 0 Å². The van der Waals surface area contributed by atoms with Crippen LogP contribution < -0.4 is 5.73 Å². The van der Waals surface area contributed by atoms with Gasteiger partial charge in [0.1, 0.15) is 0 Å². The molecule has 1 aliphatic carbocycles. The smallest absolute Gasteiger partial charge is 0.0329 e. The van der Waals surface area contributed by atoms with E-state index >= 15 is 0 Å². The van der Waals surface area contributed by atoms with Gasteiger partial charge in [0.2, 0.25) is 0 Å². The Labute approximate surface area is 80.0 Å². The second-order valence-electron chi connectivity index (χ2n) is 4.03. The third kappa shape index (κ3) is 1.19. The maximum Gasteiger partial charge on any atom is 0.0329 e. The normalized spacial score (nSPS) is 31.8. The molecule has 13 heavy (non-hydrogen) atoms. The van der Waals surface area contributed by atoms with Crippen molar-refractivity contribution in [1.82, 2.24) is 0 Å². The van der Waals surface area contributed by atoms with Gasteiger partial charge in [0.15, 0.2) is 0 Å².